The number of halogens is 1. The molecule has 0 unspecified atom stereocenters. The summed E-state index contributed by atoms with van der Waals surface area (Å²) in [5.41, 5.74) is 1.32. The summed E-state index contributed by atoms with van der Waals surface area (Å²) < 4.78 is 11.3. The quantitative estimate of drug-likeness (QED) is 0.210. The molecule has 4 rings (SSSR count). The molecule has 0 atom stereocenters. The Morgan fingerprint density at radius 3 is 2.00 bits per heavy atom. The molecular weight excluding hydrogens is 502 g/mol. The summed E-state index contributed by atoms with van der Waals surface area (Å²) >= 11 is 5.97. The first-order chi connectivity index (χ1) is 18.6. The molecule has 2 N–H and O–H groups in total. The van der Waals surface area contributed by atoms with Gasteiger partial charge >= 0.3 is 6.03 Å². The zero-order valence-corrected chi connectivity index (χ0v) is 21.4. The van der Waals surface area contributed by atoms with Crippen LogP contribution in [0.3, 0.4) is 0 Å². The van der Waals surface area contributed by atoms with Crippen LogP contribution < -0.4 is 25.0 Å². The molecule has 0 radical (unpaired) electrons. The van der Waals surface area contributed by atoms with Crippen molar-refractivity contribution in [1.82, 2.24) is 5.32 Å². The Kier molecular flexibility index (Phi) is 9.59. The third kappa shape index (κ3) is 8.28. The Bertz CT molecular complexity index is 1300. The molecule has 0 saturated carbocycles. The van der Waals surface area contributed by atoms with Gasteiger partial charge in [-0.2, -0.15) is 0 Å². The first-order valence-electron chi connectivity index (χ1n) is 12.2. The van der Waals surface area contributed by atoms with Gasteiger partial charge in [0.2, 0.25) is 0 Å². The van der Waals surface area contributed by atoms with Crippen molar-refractivity contribution in [2.24, 2.45) is 0 Å². The lowest BCUT2D eigenvalue weighted by Gasteiger charge is -2.24. The van der Waals surface area contributed by atoms with Gasteiger partial charge in [-0.3, -0.25) is 9.69 Å². The summed E-state index contributed by atoms with van der Waals surface area (Å²) in [5.74, 6) is 1.79. The minimum Gasteiger partial charge on any atom is -0.484 e. The van der Waals surface area contributed by atoms with Crippen LogP contribution in [0.25, 0.3) is 0 Å². The summed E-state index contributed by atoms with van der Waals surface area (Å²) in [6.07, 6.45) is 0.535. The van der Waals surface area contributed by atoms with Crippen molar-refractivity contribution in [2.75, 3.05) is 29.9 Å². The molecule has 3 amide bonds. The molecule has 0 fully saturated rings. The first kappa shape index (κ1) is 26.6. The highest BCUT2D eigenvalue weighted by molar-refractivity contribution is 6.30. The molecule has 4 aromatic rings. The number of nitrogens with zero attached hydrogens (tertiary/aromatic N) is 1. The monoisotopic (exact) mass is 529 g/mol. The Labute approximate surface area is 227 Å². The van der Waals surface area contributed by atoms with Crippen molar-refractivity contribution in [2.45, 2.75) is 6.42 Å². The molecule has 0 saturated heterocycles. The molecule has 0 aliphatic heterocycles. The summed E-state index contributed by atoms with van der Waals surface area (Å²) in [5, 5.41) is 6.32. The number of amides is 3. The van der Waals surface area contributed by atoms with Crippen LogP contribution in [0.5, 0.6) is 17.2 Å². The zero-order chi connectivity index (χ0) is 26.6. The highest BCUT2D eigenvalue weighted by atomic mass is 35.5. The predicted molar refractivity (Wildman–Crippen MR) is 150 cm³/mol. The smallest absolute Gasteiger partial charge is 0.326 e. The zero-order valence-electron chi connectivity index (χ0n) is 20.7. The maximum Gasteiger partial charge on any atom is 0.326 e. The largest absolute Gasteiger partial charge is 0.484 e. The van der Waals surface area contributed by atoms with Crippen LogP contribution in [0, 0.1) is 0 Å². The normalized spacial score (nSPS) is 10.3. The van der Waals surface area contributed by atoms with E-state index in [1.54, 1.807) is 41.3 Å². The number of ether oxygens (including phenoxy) is 2. The molecule has 8 heteroatoms. The molecule has 4 aromatic carbocycles. The Morgan fingerprint density at radius 2 is 1.34 bits per heavy atom. The standard InChI is InChI=1S/C30H28ClN3O4/c31-23-12-14-24(15-13-23)33-30(36)34(21-7-20-32-29(35)22-37-26-8-3-1-4-9-26)25-16-18-28(19-17-25)38-27-10-5-2-6-11-27/h1-6,8-19H,7,20-22H2,(H,32,35)(H,33,36). The third-order valence-corrected chi connectivity index (χ3v) is 5.71. The Hall–Kier alpha value is -4.49. The number of urea groups is 1. The lowest BCUT2D eigenvalue weighted by Crippen LogP contribution is -2.38. The van der Waals surface area contributed by atoms with Gasteiger partial charge in [0.25, 0.3) is 5.91 Å². The number of hydrogen-bond acceptors (Lipinski definition) is 4. The lowest BCUT2D eigenvalue weighted by molar-refractivity contribution is -0.123. The van der Waals surface area contributed by atoms with E-state index in [0.717, 1.165) is 5.75 Å². The fourth-order valence-corrected chi connectivity index (χ4v) is 3.70. The van der Waals surface area contributed by atoms with Crippen LogP contribution in [0.4, 0.5) is 16.2 Å². The summed E-state index contributed by atoms with van der Waals surface area (Å²) in [6.45, 7) is 0.683. The maximum absolute atomic E-state index is 13.2. The number of rotatable bonds is 11. The SMILES string of the molecule is O=C(COc1ccccc1)NCCCN(C(=O)Nc1ccc(Cl)cc1)c1ccc(Oc2ccccc2)cc1. The minimum absolute atomic E-state index is 0.0757. The Balaban J connectivity index is 1.35. The van der Waals surface area contributed by atoms with E-state index in [4.69, 9.17) is 21.1 Å². The van der Waals surface area contributed by atoms with E-state index in [1.807, 2.05) is 72.8 Å². The molecule has 0 aliphatic carbocycles. The van der Waals surface area contributed by atoms with E-state index in [9.17, 15) is 9.59 Å². The fourth-order valence-electron chi connectivity index (χ4n) is 3.57. The van der Waals surface area contributed by atoms with Crippen LogP contribution >= 0.6 is 11.6 Å². The topological polar surface area (TPSA) is 79.9 Å². The Morgan fingerprint density at radius 1 is 0.737 bits per heavy atom. The third-order valence-electron chi connectivity index (χ3n) is 5.46. The van der Waals surface area contributed by atoms with Gasteiger partial charge in [-0.15, -0.1) is 0 Å². The van der Waals surface area contributed by atoms with E-state index < -0.39 is 0 Å². The van der Waals surface area contributed by atoms with Gasteiger partial charge in [-0.05, 0) is 79.2 Å². The maximum atomic E-state index is 13.2. The van der Waals surface area contributed by atoms with E-state index in [0.29, 0.717) is 47.4 Å². The molecule has 0 heterocycles. The summed E-state index contributed by atoms with van der Waals surface area (Å²) in [4.78, 5) is 27.0. The highest BCUT2D eigenvalue weighted by Gasteiger charge is 2.16. The molecular formula is C30H28ClN3O4. The molecule has 7 nitrogen and oxygen atoms in total. The number of nitrogens with one attached hydrogen (secondary N) is 2. The van der Waals surface area contributed by atoms with Crippen LogP contribution in [0.15, 0.2) is 109 Å². The van der Waals surface area contributed by atoms with Crippen molar-refractivity contribution >= 4 is 34.9 Å². The first-order valence-corrected chi connectivity index (χ1v) is 12.6. The van der Waals surface area contributed by atoms with Crippen molar-refractivity contribution < 1.29 is 19.1 Å². The second-order valence-corrected chi connectivity index (χ2v) is 8.74. The number of hydrogen-bond donors (Lipinski definition) is 2. The van der Waals surface area contributed by atoms with Crippen LogP contribution in [-0.2, 0) is 4.79 Å². The second-order valence-electron chi connectivity index (χ2n) is 8.30. The second kappa shape index (κ2) is 13.7. The molecule has 194 valence electrons. The van der Waals surface area contributed by atoms with Gasteiger partial charge in [0.05, 0.1) is 0 Å². The molecule has 0 bridgehead atoms. The molecule has 0 spiro atoms. The number of anilines is 2. The van der Waals surface area contributed by atoms with Crippen LogP contribution in [0.2, 0.25) is 5.02 Å². The number of para-hydroxylation sites is 2. The summed E-state index contributed by atoms with van der Waals surface area (Å²) in [6, 6.07) is 32.5. The van der Waals surface area contributed by atoms with E-state index in [1.165, 1.54) is 0 Å². The summed E-state index contributed by atoms with van der Waals surface area (Å²) in [7, 11) is 0. The van der Waals surface area contributed by atoms with Crippen LogP contribution in [0.1, 0.15) is 6.42 Å². The average molecular weight is 530 g/mol. The van der Waals surface area contributed by atoms with E-state index >= 15 is 0 Å². The minimum atomic E-state index is -0.303. The molecule has 0 aliphatic rings. The van der Waals surface area contributed by atoms with E-state index in [-0.39, 0.29) is 18.5 Å². The average Bonchev–Trinajstić information content (AvgIpc) is 2.95. The highest BCUT2D eigenvalue weighted by Crippen LogP contribution is 2.25. The number of carbonyl (C=O) groups excluding carboxylic acids is 2. The predicted octanol–water partition coefficient (Wildman–Crippen LogP) is 6.76. The van der Waals surface area contributed by atoms with E-state index in [2.05, 4.69) is 10.6 Å². The van der Waals surface area contributed by atoms with Gasteiger partial charge in [0.15, 0.2) is 6.61 Å². The van der Waals surface area contributed by atoms with Crippen molar-refractivity contribution in [3.63, 3.8) is 0 Å². The van der Waals surface area contributed by atoms with Gasteiger partial charge in [0, 0.05) is 29.5 Å². The van der Waals surface area contributed by atoms with Crippen LogP contribution in [-0.4, -0.2) is 31.6 Å². The number of carbonyl (C=O) groups is 2. The molecule has 0 aromatic heterocycles. The van der Waals surface area contributed by atoms with Gasteiger partial charge in [0.1, 0.15) is 17.2 Å². The number of benzene rings is 4. The fraction of sp³-hybridized carbons (Fsp3) is 0.133. The van der Waals surface area contributed by atoms with Crippen molar-refractivity contribution in [1.29, 1.82) is 0 Å². The van der Waals surface area contributed by atoms with Gasteiger partial charge in [-0.25, -0.2) is 4.79 Å². The molecule has 38 heavy (non-hydrogen) atoms. The lowest BCUT2D eigenvalue weighted by atomic mass is 10.2. The van der Waals surface area contributed by atoms with Gasteiger partial charge < -0.3 is 20.1 Å². The van der Waals surface area contributed by atoms with Crippen molar-refractivity contribution in [3.05, 3.63) is 114 Å². The van der Waals surface area contributed by atoms with Crippen molar-refractivity contribution in [3.8, 4) is 17.2 Å². The van der Waals surface area contributed by atoms with Gasteiger partial charge in [-0.1, -0.05) is 48.0 Å².